The summed E-state index contributed by atoms with van der Waals surface area (Å²) in [5, 5.41) is 11.9. The van der Waals surface area contributed by atoms with E-state index in [2.05, 4.69) is 5.32 Å². The van der Waals surface area contributed by atoms with Gasteiger partial charge in [0.25, 0.3) is 0 Å². The molecule has 1 saturated heterocycles. The third-order valence-electron chi connectivity index (χ3n) is 3.67. The number of nitrogens with one attached hydrogen (secondary N) is 1. The van der Waals surface area contributed by atoms with Crippen molar-refractivity contribution in [3.05, 3.63) is 35.9 Å². The van der Waals surface area contributed by atoms with Crippen molar-refractivity contribution in [3.8, 4) is 0 Å². The molecule has 1 heterocycles. The molecule has 0 spiro atoms. The van der Waals surface area contributed by atoms with Crippen molar-refractivity contribution in [3.63, 3.8) is 0 Å². The van der Waals surface area contributed by atoms with Gasteiger partial charge < -0.3 is 19.9 Å². The van der Waals surface area contributed by atoms with Gasteiger partial charge in [0.05, 0.1) is 13.2 Å². The number of hydrogen-bond donors (Lipinski definition) is 2. The van der Waals surface area contributed by atoms with Gasteiger partial charge in [-0.2, -0.15) is 0 Å². The number of morpholine rings is 1. The molecule has 0 saturated carbocycles. The van der Waals surface area contributed by atoms with E-state index in [-0.39, 0.29) is 13.2 Å². The maximum atomic E-state index is 11.6. The van der Waals surface area contributed by atoms with Crippen molar-refractivity contribution < 1.29 is 24.2 Å². The van der Waals surface area contributed by atoms with E-state index < -0.39 is 18.1 Å². The minimum atomic E-state index is -0.883. The first-order chi connectivity index (χ1) is 11.2. The lowest BCUT2D eigenvalue weighted by molar-refractivity contribution is -0.145. The van der Waals surface area contributed by atoms with Crippen LogP contribution in [0, 0.1) is 0 Å². The number of alkyl carbamates (subject to hydrolysis) is 1. The van der Waals surface area contributed by atoms with Crippen LogP contribution in [0.5, 0.6) is 0 Å². The van der Waals surface area contributed by atoms with Crippen LogP contribution in [0.3, 0.4) is 0 Å². The van der Waals surface area contributed by atoms with Crippen molar-refractivity contribution in [1.29, 1.82) is 0 Å². The Morgan fingerprint density at radius 1 is 1.26 bits per heavy atom. The van der Waals surface area contributed by atoms with Gasteiger partial charge in [-0.3, -0.25) is 9.69 Å². The number of aliphatic carboxylic acids is 1. The summed E-state index contributed by atoms with van der Waals surface area (Å²) in [6.45, 7) is 2.71. The van der Waals surface area contributed by atoms with Gasteiger partial charge in [0, 0.05) is 19.6 Å². The number of hydrogen-bond acceptors (Lipinski definition) is 5. The van der Waals surface area contributed by atoms with Crippen LogP contribution < -0.4 is 5.32 Å². The predicted molar refractivity (Wildman–Crippen MR) is 83.1 cm³/mol. The second-order valence-corrected chi connectivity index (χ2v) is 5.28. The Morgan fingerprint density at radius 2 is 1.96 bits per heavy atom. The topological polar surface area (TPSA) is 88.1 Å². The molecular weight excluding hydrogens is 300 g/mol. The van der Waals surface area contributed by atoms with E-state index >= 15 is 0 Å². The van der Waals surface area contributed by atoms with Crippen molar-refractivity contribution in [2.75, 3.05) is 32.8 Å². The zero-order valence-electron chi connectivity index (χ0n) is 12.9. The number of rotatable bonds is 7. The Hall–Kier alpha value is -2.12. The first-order valence-corrected chi connectivity index (χ1v) is 7.66. The highest BCUT2D eigenvalue weighted by molar-refractivity contribution is 5.73. The first kappa shape index (κ1) is 17.2. The normalized spacial score (nSPS) is 16.5. The molecule has 2 N–H and O–H groups in total. The van der Waals surface area contributed by atoms with E-state index in [9.17, 15) is 14.7 Å². The fraction of sp³-hybridized carbons (Fsp3) is 0.500. The molecule has 1 atom stereocenters. The monoisotopic (exact) mass is 322 g/mol. The second-order valence-electron chi connectivity index (χ2n) is 5.28. The Kier molecular flexibility index (Phi) is 6.83. The Labute approximate surface area is 135 Å². The highest BCUT2D eigenvalue weighted by Crippen LogP contribution is 2.08. The van der Waals surface area contributed by atoms with Crippen LogP contribution in [-0.2, 0) is 20.9 Å². The van der Waals surface area contributed by atoms with Gasteiger partial charge in [0.1, 0.15) is 12.6 Å². The van der Waals surface area contributed by atoms with Crippen LogP contribution in [0.4, 0.5) is 4.79 Å². The van der Waals surface area contributed by atoms with Gasteiger partial charge in [-0.05, 0) is 12.0 Å². The molecule has 0 aromatic heterocycles. The molecule has 0 radical (unpaired) electrons. The lowest BCUT2D eigenvalue weighted by atomic mass is 10.1. The van der Waals surface area contributed by atoms with Crippen molar-refractivity contribution in [1.82, 2.24) is 10.2 Å². The van der Waals surface area contributed by atoms with E-state index in [1.54, 1.807) is 0 Å². The Morgan fingerprint density at radius 3 is 2.61 bits per heavy atom. The molecule has 1 aromatic rings. The molecule has 0 bridgehead atoms. The molecule has 23 heavy (non-hydrogen) atoms. The van der Waals surface area contributed by atoms with Gasteiger partial charge in [0.15, 0.2) is 0 Å². The average Bonchev–Trinajstić information content (AvgIpc) is 2.58. The summed E-state index contributed by atoms with van der Waals surface area (Å²) in [7, 11) is 0. The largest absolute Gasteiger partial charge is 0.480 e. The quantitative estimate of drug-likeness (QED) is 0.781. The number of carboxylic acids is 1. The van der Waals surface area contributed by atoms with E-state index in [4.69, 9.17) is 9.47 Å². The highest BCUT2D eigenvalue weighted by Gasteiger charge is 2.26. The van der Waals surface area contributed by atoms with Gasteiger partial charge in [0.2, 0.25) is 0 Å². The summed E-state index contributed by atoms with van der Waals surface area (Å²) in [6, 6.07) is 8.75. The van der Waals surface area contributed by atoms with E-state index in [0.717, 1.165) is 5.56 Å². The highest BCUT2D eigenvalue weighted by atomic mass is 16.5. The summed E-state index contributed by atoms with van der Waals surface area (Å²) >= 11 is 0. The van der Waals surface area contributed by atoms with Crippen LogP contribution in [-0.4, -0.2) is 61.0 Å². The summed E-state index contributed by atoms with van der Waals surface area (Å²) in [5.41, 5.74) is 0.902. The van der Waals surface area contributed by atoms with Crippen LogP contribution in [0.1, 0.15) is 12.0 Å². The standard InChI is InChI=1S/C16H22N2O5/c19-15(20)14(18-8-10-22-11-9-18)6-7-17-16(21)23-12-13-4-2-1-3-5-13/h1-5,14H,6-12H2,(H,17,21)(H,19,20). The molecule has 7 heteroatoms. The fourth-order valence-corrected chi connectivity index (χ4v) is 2.44. The minimum absolute atomic E-state index is 0.193. The van der Waals surface area contributed by atoms with Crippen molar-refractivity contribution >= 4 is 12.1 Å². The zero-order chi connectivity index (χ0) is 16.5. The second kappa shape index (κ2) is 9.12. The van der Waals surface area contributed by atoms with Gasteiger partial charge in [-0.1, -0.05) is 30.3 Å². The van der Waals surface area contributed by atoms with Crippen molar-refractivity contribution in [2.45, 2.75) is 19.1 Å². The summed E-state index contributed by atoms with van der Waals surface area (Å²) in [4.78, 5) is 24.9. The maximum absolute atomic E-state index is 11.6. The predicted octanol–water partition coefficient (Wildman–Crippen LogP) is 1.09. The van der Waals surface area contributed by atoms with Crippen LogP contribution in [0.25, 0.3) is 0 Å². The fourth-order valence-electron chi connectivity index (χ4n) is 2.44. The zero-order valence-corrected chi connectivity index (χ0v) is 12.9. The minimum Gasteiger partial charge on any atom is -0.480 e. The lowest BCUT2D eigenvalue weighted by Crippen LogP contribution is -2.48. The van der Waals surface area contributed by atoms with Crippen LogP contribution in [0.2, 0.25) is 0 Å². The average molecular weight is 322 g/mol. The van der Waals surface area contributed by atoms with Crippen LogP contribution in [0.15, 0.2) is 30.3 Å². The molecule has 1 unspecified atom stereocenters. The molecule has 0 aliphatic carbocycles. The molecule has 1 aromatic carbocycles. The summed E-state index contributed by atoms with van der Waals surface area (Å²) < 4.78 is 10.3. The van der Waals surface area contributed by atoms with Gasteiger partial charge in [-0.25, -0.2) is 4.79 Å². The first-order valence-electron chi connectivity index (χ1n) is 7.66. The number of carbonyl (C=O) groups is 2. The van der Waals surface area contributed by atoms with E-state index in [1.165, 1.54) is 0 Å². The molecule has 126 valence electrons. The van der Waals surface area contributed by atoms with E-state index in [1.807, 2.05) is 35.2 Å². The molecule has 1 fully saturated rings. The van der Waals surface area contributed by atoms with Gasteiger partial charge >= 0.3 is 12.1 Å². The maximum Gasteiger partial charge on any atom is 0.407 e. The third-order valence-corrected chi connectivity index (χ3v) is 3.67. The molecule has 1 aliphatic heterocycles. The van der Waals surface area contributed by atoms with Gasteiger partial charge in [-0.15, -0.1) is 0 Å². The SMILES string of the molecule is O=C(NCCC(C(=O)O)N1CCOCC1)OCc1ccccc1. The lowest BCUT2D eigenvalue weighted by Gasteiger charge is -2.31. The van der Waals surface area contributed by atoms with E-state index in [0.29, 0.717) is 32.7 Å². The Bertz CT molecular complexity index is 502. The Balaban J connectivity index is 1.69. The number of carbonyl (C=O) groups excluding carboxylic acids is 1. The smallest absolute Gasteiger partial charge is 0.407 e. The molecule has 7 nitrogen and oxygen atoms in total. The molecule has 1 amide bonds. The molecular formula is C16H22N2O5. The molecule has 1 aliphatic rings. The number of nitrogens with zero attached hydrogens (tertiary/aromatic N) is 1. The summed E-state index contributed by atoms with van der Waals surface area (Å²) in [5.74, 6) is -0.883. The number of carboxylic acid groups (broad SMARTS) is 1. The number of benzene rings is 1. The van der Waals surface area contributed by atoms with Crippen molar-refractivity contribution in [2.24, 2.45) is 0 Å². The third kappa shape index (κ3) is 5.88. The number of ether oxygens (including phenoxy) is 2. The molecule has 2 rings (SSSR count). The number of amides is 1. The summed E-state index contributed by atoms with van der Waals surface area (Å²) in [6.07, 6.45) is -0.213. The van der Waals surface area contributed by atoms with Crippen LogP contribution >= 0.6 is 0 Å².